The van der Waals surface area contributed by atoms with Crippen LogP contribution in [0.1, 0.15) is 16.2 Å². The first-order valence-corrected chi connectivity index (χ1v) is 4.24. The molecule has 1 amide bonds. The van der Waals surface area contributed by atoms with Crippen molar-refractivity contribution in [1.29, 1.82) is 0 Å². The van der Waals surface area contributed by atoms with Crippen molar-refractivity contribution in [2.45, 2.75) is 6.92 Å². The van der Waals surface area contributed by atoms with Crippen molar-refractivity contribution < 1.29 is 4.79 Å². The molecule has 8 heteroatoms. The summed E-state index contributed by atoms with van der Waals surface area (Å²) < 4.78 is 0. The first-order valence-electron chi connectivity index (χ1n) is 4.24. The monoisotopic (exact) mass is 228 g/mol. The summed E-state index contributed by atoms with van der Waals surface area (Å²) >= 11 is 0. The van der Waals surface area contributed by atoms with Crippen LogP contribution < -0.4 is 5.32 Å². The SMILES string of the molecule is Cc1cccc(C(=O)Nc2nnn[nH]2)n1.[NaH]. The van der Waals surface area contributed by atoms with Crippen molar-refractivity contribution in [3.63, 3.8) is 0 Å². The van der Waals surface area contributed by atoms with Gasteiger partial charge in [-0.3, -0.25) is 10.1 Å². The van der Waals surface area contributed by atoms with Crippen molar-refractivity contribution in [1.82, 2.24) is 25.6 Å². The van der Waals surface area contributed by atoms with Crippen LogP contribution in [0.25, 0.3) is 0 Å². The minimum absolute atomic E-state index is 0. The van der Waals surface area contributed by atoms with Gasteiger partial charge in [0, 0.05) is 5.69 Å². The molecule has 0 aliphatic rings. The van der Waals surface area contributed by atoms with E-state index in [0.29, 0.717) is 5.69 Å². The average molecular weight is 228 g/mol. The minimum atomic E-state index is -0.350. The van der Waals surface area contributed by atoms with E-state index in [1.54, 1.807) is 12.1 Å². The molecule has 0 spiro atoms. The Labute approximate surface area is 113 Å². The molecule has 0 bridgehead atoms. The fourth-order valence-corrected chi connectivity index (χ4v) is 1.05. The molecule has 0 atom stereocenters. The summed E-state index contributed by atoms with van der Waals surface area (Å²) in [5.41, 5.74) is 1.10. The fourth-order valence-electron chi connectivity index (χ4n) is 1.05. The molecule has 0 unspecified atom stereocenters. The van der Waals surface area contributed by atoms with Gasteiger partial charge in [-0.15, -0.1) is 0 Å². The van der Waals surface area contributed by atoms with E-state index in [9.17, 15) is 4.79 Å². The summed E-state index contributed by atoms with van der Waals surface area (Å²) in [6.45, 7) is 1.81. The fraction of sp³-hybridized carbons (Fsp3) is 0.125. The van der Waals surface area contributed by atoms with Crippen LogP contribution in [0.5, 0.6) is 0 Å². The number of aromatic amines is 1. The molecule has 2 aromatic heterocycles. The summed E-state index contributed by atoms with van der Waals surface area (Å²) in [6.07, 6.45) is 0. The summed E-state index contributed by atoms with van der Waals surface area (Å²) in [5, 5.41) is 15.1. The molecule has 0 aliphatic heterocycles. The van der Waals surface area contributed by atoms with Crippen LogP contribution in [-0.2, 0) is 0 Å². The number of carbonyl (C=O) groups excluding carboxylic acids is 1. The predicted molar refractivity (Wildman–Crippen MR) is 58.3 cm³/mol. The number of carbonyl (C=O) groups is 1. The number of nitrogens with zero attached hydrogens (tertiary/aromatic N) is 4. The Bertz CT molecular complexity index is 471. The standard InChI is InChI=1S/C8H8N6O.Na.H/c1-5-3-2-4-6(9-5)7(15)10-8-11-13-14-12-8;;/h2-4H,1H3,(H2,10,11,12,13,14,15);;. The van der Waals surface area contributed by atoms with E-state index < -0.39 is 0 Å². The zero-order valence-electron chi connectivity index (χ0n) is 7.93. The number of amides is 1. The van der Waals surface area contributed by atoms with Gasteiger partial charge >= 0.3 is 29.6 Å². The van der Waals surface area contributed by atoms with E-state index in [1.165, 1.54) is 0 Å². The van der Waals surface area contributed by atoms with E-state index in [4.69, 9.17) is 0 Å². The number of hydrogen-bond donors (Lipinski definition) is 2. The molecular formula is C8H9N6NaO. The topological polar surface area (TPSA) is 96.5 Å². The molecule has 0 saturated carbocycles. The van der Waals surface area contributed by atoms with Crippen molar-refractivity contribution >= 4 is 41.4 Å². The molecule has 0 radical (unpaired) electrons. The van der Waals surface area contributed by atoms with Gasteiger partial charge in [-0.25, -0.2) is 10.1 Å². The summed E-state index contributed by atoms with van der Waals surface area (Å²) in [7, 11) is 0. The Morgan fingerprint density at radius 2 is 2.25 bits per heavy atom. The number of nitrogens with one attached hydrogen (secondary N) is 2. The van der Waals surface area contributed by atoms with Gasteiger partial charge in [0.25, 0.3) is 5.91 Å². The second-order valence-electron chi connectivity index (χ2n) is 2.87. The Hall–Kier alpha value is -1.31. The van der Waals surface area contributed by atoms with Crippen molar-refractivity contribution in [3.05, 3.63) is 29.6 Å². The number of hydrogen-bond acceptors (Lipinski definition) is 5. The predicted octanol–water partition coefficient (Wildman–Crippen LogP) is -0.493. The first kappa shape index (κ1) is 12.8. The Morgan fingerprint density at radius 3 is 2.88 bits per heavy atom. The van der Waals surface area contributed by atoms with Gasteiger partial charge in [-0.2, -0.15) is 0 Å². The molecule has 7 nitrogen and oxygen atoms in total. The van der Waals surface area contributed by atoms with Crippen molar-refractivity contribution in [2.24, 2.45) is 0 Å². The van der Waals surface area contributed by atoms with Crippen LogP contribution in [0.15, 0.2) is 18.2 Å². The van der Waals surface area contributed by atoms with Crippen LogP contribution in [0.3, 0.4) is 0 Å². The molecule has 2 aromatic rings. The van der Waals surface area contributed by atoms with Crippen LogP contribution in [0.2, 0.25) is 0 Å². The maximum absolute atomic E-state index is 11.6. The van der Waals surface area contributed by atoms with Crippen molar-refractivity contribution in [2.75, 3.05) is 5.32 Å². The summed E-state index contributed by atoms with van der Waals surface area (Å²) in [5.74, 6) is -0.152. The zero-order valence-corrected chi connectivity index (χ0v) is 7.93. The van der Waals surface area contributed by atoms with E-state index in [1.807, 2.05) is 13.0 Å². The third kappa shape index (κ3) is 3.09. The maximum atomic E-state index is 11.6. The van der Waals surface area contributed by atoms with Gasteiger partial charge in [0.1, 0.15) is 5.69 Å². The third-order valence-electron chi connectivity index (χ3n) is 1.70. The van der Waals surface area contributed by atoms with Gasteiger partial charge < -0.3 is 0 Å². The van der Waals surface area contributed by atoms with Crippen LogP contribution >= 0.6 is 0 Å². The number of rotatable bonds is 2. The Kier molecular flexibility index (Phi) is 4.53. The van der Waals surface area contributed by atoms with Gasteiger partial charge in [0.2, 0.25) is 5.95 Å². The molecule has 0 saturated heterocycles. The molecule has 0 aromatic carbocycles. The van der Waals surface area contributed by atoms with E-state index >= 15 is 0 Å². The zero-order chi connectivity index (χ0) is 10.7. The molecule has 2 heterocycles. The second-order valence-corrected chi connectivity index (χ2v) is 2.87. The molecule has 78 valence electrons. The van der Waals surface area contributed by atoms with Crippen LogP contribution in [0, 0.1) is 6.92 Å². The summed E-state index contributed by atoms with van der Waals surface area (Å²) in [4.78, 5) is 15.6. The molecule has 2 N–H and O–H groups in total. The van der Waals surface area contributed by atoms with E-state index in [0.717, 1.165) is 5.69 Å². The third-order valence-corrected chi connectivity index (χ3v) is 1.70. The van der Waals surface area contributed by atoms with E-state index in [2.05, 4.69) is 30.9 Å². The number of anilines is 1. The number of pyridine rings is 1. The molecule has 2 rings (SSSR count). The molecule has 0 fully saturated rings. The quantitative estimate of drug-likeness (QED) is 0.676. The number of H-pyrrole nitrogens is 1. The first-order chi connectivity index (χ1) is 7.25. The molecular weight excluding hydrogens is 219 g/mol. The van der Waals surface area contributed by atoms with Gasteiger partial charge in [0.15, 0.2) is 0 Å². The molecule has 16 heavy (non-hydrogen) atoms. The number of aryl methyl sites for hydroxylation is 1. The van der Waals surface area contributed by atoms with Gasteiger partial charge in [-0.05, 0) is 29.5 Å². The summed E-state index contributed by atoms with van der Waals surface area (Å²) in [6, 6.07) is 5.19. The van der Waals surface area contributed by atoms with Crippen LogP contribution in [0.4, 0.5) is 5.95 Å². The van der Waals surface area contributed by atoms with Gasteiger partial charge in [-0.1, -0.05) is 11.2 Å². The van der Waals surface area contributed by atoms with Crippen molar-refractivity contribution in [3.8, 4) is 0 Å². The Morgan fingerprint density at radius 1 is 1.44 bits per heavy atom. The second kappa shape index (κ2) is 5.69. The average Bonchev–Trinajstić information content (AvgIpc) is 2.70. The number of aromatic nitrogens is 5. The van der Waals surface area contributed by atoms with Gasteiger partial charge in [0.05, 0.1) is 0 Å². The number of tetrazole rings is 1. The normalized spacial score (nSPS) is 9.31. The van der Waals surface area contributed by atoms with Crippen LogP contribution in [-0.4, -0.2) is 61.1 Å². The van der Waals surface area contributed by atoms with E-state index in [-0.39, 0.29) is 41.4 Å². The molecule has 0 aliphatic carbocycles. The Balaban J connectivity index is 0.00000128.